The zero-order chi connectivity index (χ0) is 18.1. The average molecular weight is 366 g/mol. The van der Waals surface area contributed by atoms with E-state index < -0.39 is 0 Å². The number of nitrogens with one attached hydrogen (secondary N) is 1. The van der Waals surface area contributed by atoms with E-state index in [4.69, 9.17) is 12.2 Å². The van der Waals surface area contributed by atoms with Crippen LogP contribution in [-0.2, 0) is 12.8 Å². The summed E-state index contributed by atoms with van der Waals surface area (Å²) >= 11 is 5.67. The molecule has 26 heavy (non-hydrogen) atoms. The molecule has 0 spiro atoms. The third-order valence-electron chi connectivity index (χ3n) is 5.77. The quantitative estimate of drug-likeness (QED) is 0.816. The number of hydrogen-bond donors (Lipinski definition) is 1. The van der Waals surface area contributed by atoms with Gasteiger partial charge in [0.15, 0.2) is 5.11 Å². The molecule has 136 valence electrons. The number of fused-ring (bicyclic) bond motifs is 1. The minimum atomic E-state index is 0.662. The summed E-state index contributed by atoms with van der Waals surface area (Å²) in [5.41, 5.74) is 6.72. The van der Waals surface area contributed by atoms with Gasteiger partial charge in [0.05, 0.1) is 0 Å². The van der Waals surface area contributed by atoms with Gasteiger partial charge in [0.25, 0.3) is 0 Å². The molecule has 0 aromatic heterocycles. The SMILES string of the molecule is Cc1ccc(NC(=S)N2CCN(C3Cc4ccccc4C3)CC2)c(C)c1. The Hall–Kier alpha value is -1.91. The van der Waals surface area contributed by atoms with Gasteiger partial charge in [0.2, 0.25) is 0 Å². The van der Waals surface area contributed by atoms with Crippen LogP contribution in [0.5, 0.6) is 0 Å². The maximum absolute atomic E-state index is 5.67. The van der Waals surface area contributed by atoms with Crippen LogP contribution in [0.4, 0.5) is 5.69 Å². The summed E-state index contributed by atoms with van der Waals surface area (Å²) in [6.07, 6.45) is 2.39. The van der Waals surface area contributed by atoms with Crippen LogP contribution in [0.2, 0.25) is 0 Å². The lowest BCUT2D eigenvalue weighted by molar-refractivity contribution is 0.137. The van der Waals surface area contributed by atoms with E-state index in [9.17, 15) is 0 Å². The lowest BCUT2D eigenvalue weighted by Gasteiger charge is -2.39. The minimum Gasteiger partial charge on any atom is -0.346 e. The average Bonchev–Trinajstić information content (AvgIpc) is 3.08. The molecule has 1 fully saturated rings. The van der Waals surface area contributed by atoms with Crippen molar-refractivity contribution in [1.29, 1.82) is 0 Å². The van der Waals surface area contributed by atoms with E-state index >= 15 is 0 Å². The normalized spacial score (nSPS) is 18.0. The van der Waals surface area contributed by atoms with Crippen LogP contribution < -0.4 is 5.32 Å². The van der Waals surface area contributed by atoms with Gasteiger partial charge in [-0.3, -0.25) is 4.90 Å². The molecule has 0 radical (unpaired) electrons. The van der Waals surface area contributed by atoms with Crippen molar-refractivity contribution in [2.45, 2.75) is 32.7 Å². The number of benzene rings is 2. The highest BCUT2D eigenvalue weighted by Crippen LogP contribution is 2.26. The maximum Gasteiger partial charge on any atom is 0.173 e. The molecule has 1 N–H and O–H groups in total. The zero-order valence-electron chi connectivity index (χ0n) is 15.7. The molecule has 1 aliphatic carbocycles. The molecule has 3 nitrogen and oxygen atoms in total. The van der Waals surface area contributed by atoms with Gasteiger partial charge in [0, 0.05) is 37.9 Å². The van der Waals surface area contributed by atoms with Crippen LogP contribution in [0.15, 0.2) is 42.5 Å². The molecule has 0 unspecified atom stereocenters. The van der Waals surface area contributed by atoms with E-state index in [0.717, 1.165) is 37.0 Å². The summed E-state index contributed by atoms with van der Waals surface area (Å²) < 4.78 is 0. The molecule has 2 aromatic carbocycles. The number of anilines is 1. The fourth-order valence-electron chi connectivity index (χ4n) is 4.23. The smallest absolute Gasteiger partial charge is 0.173 e. The van der Waals surface area contributed by atoms with Crippen LogP contribution >= 0.6 is 12.2 Å². The number of rotatable bonds is 2. The largest absolute Gasteiger partial charge is 0.346 e. The Morgan fingerprint density at radius 3 is 2.23 bits per heavy atom. The molecule has 0 bridgehead atoms. The van der Waals surface area contributed by atoms with E-state index in [1.165, 1.54) is 35.1 Å². The summed E-state index contributed by atoms with van der Waals surface area (Å²) in [6, 6.07) is 16.0. The van der Waals surface area contributed by atoms with Gasteiger partial charge in [-0.25, -0.2) is 0 Å². The molecule has 0 atom stereocenters. The first-order chi connectivity index (χ1) is 12.6. The van der Waals surface area contributed by atoms with Gasteiger partial charge in [-0.1, -0.05) is 42.0 Å². The van der Waals surface area contributed by atoms with Crippen LogP contribution in [0.3, 0.4) is 0 Å². The third-order valence-corrected chi connectivity index (χ3v) is 6.13. The number of thiocarbonyl (C=S) groups is 1. The van der Waals surface area contributed by atoms with Crippen molar-refractivity contribution in [3.05, 3.63) is 64.7 Å². The molecule has 1 saturated heterocycles. The third kappa shape index (κ3) is 3.62. The Balaban J connectivity index is 1.32. The monoisotopic (exact) mass is 365 g/mol. The number of aryl methyl sites for hydroxylation is 2. The first kappa shape index (κ1) is 17.5. The van der Waals surface area contributed by atoms with Crippen molar-refractivity contribution in [1.82, 2.24) is 9.80 Å². The number of hydrogen-bond acceptors (Lipinski definition) is 2. The molecule has 0 saturated carbocycles. The molecule has 1 heterocycles. The Bertz CT molecular complexity index is 784. The van der Waals surface area contributed by atoms with E-state index in [1.807, 2.05) is 0 Å². The van der Waals surface area contributed by atoms with E-state index in [1.54, 1.807) is 0 Å². The van der Waals surface area contributed by atoms with E-state index in [2.05, 4.69) is 71.4 Å². The maximum atomic E-state index is 5.67. The molecule has 2 aromatic rings. The molecular formula is C22H27N3S. The Morgan fingerprint density at radius 1 is 0.962 bits per heavy atom. The van der Waals surface area contributed by atoms with Crippen LogP contribution in [-0.4, -0.2) is 47.1 Å². The molecule has 4 heteroatoms. The second-order valence-electron chi connectivity index (χ2n) is 7.60. The van der Waals surface area contributed by atoms with Gasteiger partial charge in [-0.2, -0.15) is 0 Å². The molecule has 4 rings (SSSR count). The Labute approximate surface area is 162 Å². The van der Waals surface area contributed by atoms with Crippen LogP contribution in [0.25, 0.3) is 0 Å². The van der Waals surface area contributed by atoms with Crippen molar-refractivity contribution < 1.29 is 0 Å². The zero-order valence-corrected chi connectivity index (χ0v) is 16.5. The van der Waals surface area contributed by atoms with Crippen LogP contribution in [0.1, 0.15) is 22.3 Å². The summed E-state index contributed by atoms with van der Waals surface area (Å²) in [6.45, 7) is 8.44. The second kappa shape index (κ2) is 7.37. The number of piperazine rings is 1. The first-order valence-corrected chi connectivity index (χ1v) is 9.95. The van der Waals surface area contributed by atoms with Gasteiger partial charge in [0.1, 0.15) is 0 Å². The van der Waals surface area contributed by atoms with Crippen molar-refractivity contribution >= 4 is 23.0 Å². The van der Waals surface area contributed by atoms with Gasteiger partial charge in [-0.15, -0.1) is 0 Å². The molecular weight excluding hydrogens is 338 g/mol. The van der Waals surface area contributed by atoms with Gasteiger partial charge >= 0.3 is 0 Å². The molecule has 2 aliphatic rings. The summed E-state index contributed by atoms with van der Waals surface area (Å²) in [5.74, 6) is 0. The highest BCUT2D eigenvalue weighted by molar-refractivity contribution is 7.80. The highest BCUT2D eigenvalue weighted by Gasteiger charge is 2.29. The predicted octanol–water partition coefficient (Wildman–Crippen LogP) is 3.79. The minimum absolute atomic E-state index is 0.662. The summed E-state index contributed by atoms with van der Waals surface area (Å²) in [4.78, 5) is 4.96. The number of nitrogens with zero attached hydrogens (tertiary/aromatic N) is 2. The fraction of sp³-hybridized carbons (Fsp3) is 0.409. The van der Waals surface area contributed by atoms with Crippen molar-refractivity contribution in [3.63, 3.8) is 0 Å². The topological polar surface area (TPSA) is 18.5 Å². The predicted molar refractivity (Wildman–Crippen MR) is 113 cm³/mol. The standard InChI is InChI=1S/C22H27N3S/c1-16-7-8-21(17(2)13-16)23-22(26)25-11-9-24(10-12-25)20-14-18-5-3-4-6-19(18)15-20/h3-8,13,20H,9-12,14-15H2,1-2H3,(H,23,26). The lowest BCUT2D eigenvalue weighted by atomic mass is 10.1. The highest BCUT2D eigenvalue weighted by atomic mass is 32.1. The lowest BCUT2D eigenvalue weighted by Crippen LogP contribution is -2.53. The van der Waals surface area contributed by atoms with Crippen molar-refractivity contribution in [2.24, 2.45) is 0 Å². The first-order valence-electron chi connectivity index (χ1n) is 9.54. The summed E-state index contributed by atoms with van der Waals surface area (Å²) in [7, 11) is 0. The van der Waals surface area contributed by atoms with Crippen LogP contribution in [0, 0.1) is 13.8 Å². The van der Waals surface area contributed by atoms with Gasteiger partial charge in [-0.05, 0) is 61.7 Å². The van der Waals surface area contributed by atoms with E-state index in [0.29, 0.717) is 6.04 Å². The van der Waals surface area contributed by atoms with E-state index in [-0.39, 0.29) is 0 Å². The molecule has 1 aliphatic heterocycles. The van der Waals surface area contributed by atoms with Gasteiger partial charge < -0.3 is 10.2 Å². The summed E-state index contributed by atoms with van der Waals surface area (Å²) in [5, 5.41) is 4.30. The fourth-order valence-corrected chi connectivity index (χ4v) is 4.52. The Kier molecular flexibility index (Phi) is 4.96. The second-order valence-corrected chi connectivity index (χ2v) is 7.99. The van der Waals surface area contributed by atoms with Crippen molar-refractivity contribution in [2.75, 3.05) is 31.5 Å². The molecule has 0 amide bonds. The van der Waals surface area contributed by atoms with Crippen molar-refractivity contribution in [3.8, 4) is 0 Å². The Morgan fingerprint density at radius 2 is 1.62 bits per heavy atom.